The van der Waals surface area contributed by atoms with Crippen LogP contribution in [0.4, 0.5) is 0 Å². The average molecular weight is 126 g/mol. The van der Waals surface area contributed by atoms with E-state index in [9.17, 15) is 9.59 Å². The third-order valence-electron chi connectivity index (χ3n) is 0.526. The van der Waals surface area contributed by atoms with E-state index in [4.69, 9.17) is 18.1 Å². The number of hydrogen-bond donors (Lipinski definition) is 2. The van der Waals surface area contributed by atoms with Crippen LogP contribution >= 0.6 is 0 Å². The Morgan fingerprint density at radius 1 is 1.33 bits per heavy atom. The van der Waals surface area contributed by atoms with Crippen molar-refractivity contribution in [1.82, 2.24) is 0 Å². The van der Waals surface area contributed by atoms with Crippen molar-refractivity contribution >= 4 is 19.8 Å². The van der Waals surface area contributed by atoms with Crippen LogP contribution in [0.25, 0.3) is 0 Å². The van der Waals surface area contributed by atoms with Gasteiger partial charge in [-0.2, -0.15) is 0 Å². The SMILES string of the molecule is [B]/C(=C\C(=O)O)C(=O)O. The highest BCUT2D eigenvalue weighted by Crippen LogP contribution is 1.84. The zero-order valence-corrected chi connectivity index (χ0v) is 4.37. The van der Waals surface area contributed by atoms with Gasteiger partial charge in [0.15, 0.2) is 0 Å². The monoisotopic (exact) mass is 126 g/mol. The smallest absolute Gasteiger partial charge is 0.327 e. The second-order valence-electron chi connectivity index (χ2n) is 1.24. The van der Waals surface area contributed by atoms with E-state index < -0.39 is 17.4 Å². The Kier molecular flexibility index (Phi) is 2.51. The largest absolute Gasteiger partial charge is 0.478 e. The lowest BCUT2D eigenvalue weighted by atomic mass is 9.96. The number of aliphatic carboxylic acids is 2. The van der Waals surface area contributed by atoms with Crippen LogP contribution in [0, 0.1) is 0 Å². The summed E-state index contributed by atoms with van der Waals surface area (Å²) < 4.78 is 0. The molecule has 2 N–H and O–H groups in total. The highest BCUT2D eigenvalue weighted by molar-refractivity contribution is 6.36. The fourth-order valence-corrected chi connectivity index (χ4v) is 0.195. The molecule has 0 atom stereocenters. The molecule has 0 aliphatic carbocycles. The van der Waals surface area contributed by atoms with E-state index in [1.165, 1.54) is 0 Å². The molecule has 0 aromatic heterocycles. The second kappa shape index (κ2) is 2.91. The Morgan fingerprint density at radius 2 is 1.78 bits per heavy atom. The van der Waals surface area contributed by atoms with Crippen LogP contribution in [0.1, 0.15) is 0 Å². The molecule has 0 aliphatic heterocycles. The van der Waals surface area contributed by atoms with Gasteiger partial charge in [-0.1, -0.05) is 0 Å². The summed E-state index contributed by atoms with van der Waals surface area (Å²) in [4.78, 5) is 19.5. The van der Waals surface area contributed by atoms with E-state index in [-0.39, 0.29) is 0 Å². The zero-order chi connectivity index (χ0) is 7.44. The highest BCUT2D eigenvalue weighted by atomic mass is 16.4. The summed E-state index contributed by atoms with van der Waals surface area (Å²) in [7, 11) is 4.70. The third kappa shape index (κ3) is 3.34. The van der Waals surface area contributed by atoms with Crippen LogP contribution in [-0.4, -0.2) is 30.0 Å². The predicted octanol–water partition coefficient (Wildman–Crippen LogP) is -0.792. The topological polar surface area (TPSA) is 74.6 Å². The second-order valence-corrected chi connectivity index (χ2v) is 1.24. The van der Waals surface area contributed by atoms with Crippen LogP contribution in [0.15, 0.2) is 11.5 Å². The van der Waals surface area contributed by atoms with Crippen LogP contribution in [0.3, 0.4) is 0 Å². The van der Waals surface area contributed by atoms with E-state index >= 15 is 0 Å². The van der Waals surface area contributed by atoms with Gasteiger partial charge >= 0.3 is 11.9 Å². The van der Waals surface area contributed by atoms with Crippen LogP contribution in [-0.2, 0) is 9.59 Å². The van der Waals surface area contributed by atoms with Crippen LogP contribution in [0.2, 0.25) is 0 Å². The van der Waals surface area contributed by atoms with Crippen LogP contribution in [0.5, 0.6) is 0 Å². The minimum atomic E-state index is -1.43. The highest BCUT2D eigenvalue weighted by Gasteiger charge is 1.99. The lowest BCUT2D eigenvalue weighted by Gasteiger charge is -1.86. The molecule has 0 unspecified atom stereocenters. The van der Waals surface area contributed by atoms with Crippen molar-refractivity contribution in [1.29, 1.82) is 0 Å². The van der Waals surface area contributed by atoms with Crippen molar-refractivity contribution in [2.45, 2.75) is 0 Å². The quantitative estimate of drug-likeness (QED) is 0.375. The molecule has 5 heteroatoms. The van der Waals surface area contributed by atoms with Gasteiger partial charge in [0.25, 0.3) is 0 Å². The first kappa shape index (κ1) is 7.74. The van der Waals surface area contributed by atoms with Gasteiger partial charge in [-0.25, -0.2) is 9.59 Å². The van der Waals surface area contributed by atoms with Gasteiger partial charge in [0.1, 0.15) is 7.85 Å². The van der Waals surface area contributed by atoms with E-state index in [0.717, 1.165) is 0 Å². The minimum absolute atomic E-state index is 0.419. The molecule has 0 saturated carbocycles. The summed E-state index contributed by atoms with van der Waals surface area (Å²) in [6, 6.07) is 0. The number of hydrogen-bond acceptors (Lipinski definition) is 2. The Labute approximate surface area is 52.2 Å². The first-order valence-corrected chi connectivity index (χ1v) is 1.97. The molecule has 0 heterocycles. The maximum absolute atomic E-state index is 9.78. The average Bonchev–Trinajstić information content (AvgIpc) is 1.63. The molecule has 0 rings (SSSR count). The summed E-state index contributed by atoms with van der Waals surface area (Å²) in [5.74, 6) is -2.80. The normalized spacial score (nSPS) is 10.9. The molecule has 9 heavy (non-hydrogen) atoms. The Hall–Kier alpha value is -1.26. The van der Waals surface area contributed by atoms with Crippen molar-refractivity contribution in [3.05, 3.63) is 11.5 Å². The predicted molar refractivity (Wildman–Crippen MR) is 29.1 cm³/mol. The molecule has 0 fully saturated rings. The molecule has 0 aromatic carbocycles. The summed E-state index contributed by atoms with van der Waals surface area (Å²) in [5, 5.41) is 15.9. The molecule has 4 nitrogen and oxygen atoms in total. The lowest BCUT2D eigenvalue weighted by Crippen LogP contribution is -2.02. The van der Waals surface area contributed by atoms with Gasteiger partial charge in [0, 0.05) is 6.08 Å². The molecule has 0 aromatic rings. The fourth-order valence-electron chi connectivity index (χ4n) is 0.195. The summed E-state index contributed by atoms with van der Waals surface area (Å²) in [5.41, 5.74) is -0.678. The molecular weight excluding hydrogens is 123 g/mol. The van der Waals surface area contributed by atoms with Gasteiger partial charge in [0.2, 0.25) is 0 Å². The Morgan fingerprint density at radius 3 is 1.89 bits per heavy atom. The Balaban J connectivity index is 4.17. The number of carboxylic acids is 2. The minimum Gasteiger partial charge on any atom is -0.478 e. The van der Waals surface area contributed by atoms with Crippen LogP contribution < -0.4 is 0 Å². The first-order chi connectivity index (χ1) is 4.04. The molecule has 0 spiro atoms. The molecule has 2 radical (unpaired) electrons. The van der Waals surface area contributed by atoms with Crippen molar-refractivity contribution in [2.75, 3.05) is 0 Å². The van der Waals surface area contributed by atoms with E-state index in [1.54, 1.807) is 0 Å². The Bertz CT molecular complexity index is 171. The van der Waals surface area contributed by atoms with Gasteiger partial charge in [-0.05, 0) is 5.47 Å². The van der Waals surface area contributed by atoms with Gasteiger partial charge in [0.05, 0.1) is 0 Å². The number of carbonyl (C=O) groups is 2. The van der Waals surface area contributed by atoms with Crippen molar-refractivity contribution in [3.63, 3.8) is 0 Å². The van der Waals surface area contributed by atoms with Gasteiger partial charge < -0.3 is 10.2 Å². The lowest BCUT2D eigenvalue weighted by molar-refractivity contribution is -0.134. The standard InChI is InChI=1S/C4H3BO4/c5-2(4(8)9)1-3(6)7/h1H,(H,6,7)(H,8,9)/b2-1-. The van der Waals surface area contributed by atoms with Crippen molar-refractivity contribution in [2.24, 2.45) is 0 Å². The maximum atomic E-state index is 9.78. The number of rotatable bonds is 2. The van der Waals surface area contributed by atoms with Crippen molar-refractivity contribution in [3.8, 4) is 0 Å². The van der Waals surface area contributed by atoms with E-state index in [0.29, 0.717) is 6.08 Å². The molecular formula is C4H3BO4. The van der Waals surface area contributed by atoms with E-state index in [1.807, 2.05) is 0 Å². The maximum Gasteiger partial charge on any atom is 0.327 e. The summed E-state index contributed by atoms with van der Waals surface area (Å²) >= 11 is 0. The molecule has 0 bridgehead atoms. The first-order valence-electron chi connectivity index (χ1n) is 1.97. The zero-order valence-electron chi connectivity index (χ0n) is 4.37. The molecule has 0 saturated heterocycles. The fraction of sp³-hybridized carbons (Fsp3) is 0. The summed E-state index contributed by atoms with van der Waals surface area (Å²) in [6.45, 7) is 0. The number of carboxylic acid groups (broad SMARTS) is 2. The molecule has 46 valence electrons. The van der Waals surface area contributed by atoms with Gasteiger partial charge in [-0.15, -0.1) is 0 Å². The van der Waals surface area contributed by atoms with Gasteiger partial charge in [-0.3, -0.25) is 0 Å². The van der Waals surface area contributed by atoms with E-state index in [2.05, 4.69) is 0 Å². The third-order valence-corrected chi connectivity index (χ3v) is 0.526. The molecule has 0 amide bonds. The summed E-state index contributed by atoms with van der Waals surface area (Å²) in [6.07, 6.45) is 0.419. The molecule has 0 aliphatic rings. The van der Waals surface area contributed by atoms with Crippen molar-refractivity contribution < 1.29 is 19.8 Å².